The molecule has 2 aliphatic rings. The fourth-order valence-electron chi connectivity index (χ4n) is 4.27. The highest BCUT2D eigenvalue weighted by Gasteiger charge is 2.39. The number of nitrogens with one attached hydrogen (secondary N) is 1. The van der Waals surface area contributed by atoms with Crippen LogP contribution in [0.25, 0.3) is 0 Å². The molecule has 1 spiro atoms. The molecule has 0 atom stereocenters. The molecule has 1 aliphatic carbocycles. The van der Waals surface area contributed by atoms with E-state index in [1.54, 1.807) is 13.0 Å². The summed E-state index contributed by atoms with van der Waals surface area (Å²) in [5.41, 5.74) is 0.978. The fourth-order valence-corrected chi connectivity index (χ4v) is 4.27. The number of furan rings is 1. The quantitative estimate of drug-likeness (QED) is 0.313. The van der Waals surface area contributed by atoms with E-state index >= 15 is 0 Å². The second kappa shape index (κ2) is 9.10. The van der Waals surface area contributed by atoms with Gasteiger partial charge in [-0.3, -0.25) is 4.99 Å². The highest BCUT2D eigenvalue weighted by atomic mass is 127. The number of esters is 1. The topological polar surface area (TPSA) is 67.1 Å². The van der Waals surface area contributed by atoms with Crippen molar-refractivity contribution in [3.63, 3.8) is 0 Å². The number of hydrogen-bond donors (Lipinski definition) is 1. The van der Waals surface area contributed by atoms with Crippen molar-refractivity contribution < 1.29 is 13.9 Å². The van der Waals surface area contributed by atoms with Crippen LogP contribution in [0.15, 0.2) is 15.5 Å². The first-order chi connectivity index (χ1) is 12.1. The lowest BCUT2D eigenvalue weighted by atomic mass is 9.73. The molecule has 1 saturated carbocycles. The molecule has 7 heteroatoms. The molecule has 0 bridgehead atoms. The zero-order valence-corrected chi connectivity index (χ0v) is 18.3. The Bertz CT molecular complexity index is 650. The summed E-state index contributed by atoms with van der Waals surface area (Å²) in [6, 6.07) is 1.74. The standard InChI is InChI=1S/C19H29N3O3.HI/c1-14-16(17(23)24-3)11-15(25-14)12-21-18(20-2)22-10-9-19(13-22)7-5-4-6-8-19;/h11H,4-10,12-13H2,1-3H3,(H,20,21);1H. The van der Waals surface area contributed by atoms with Crippen molar-refractivity contribution >= 4 is 35.9 Å². The molecule has 0 aromatic carbocycles. The van der Waals surface area contributed by atoms with Gasteiger partial charge < -0.3 is 19.4 Å². The van der Waals surface area contributed by atoms with Crippen LogP contribution in [0.2, 0.25) is 0 Å². The van der Waals surface area contributed by atoms with E-state index in [-0.39, 0.29) is 29.9 Å². The third kappa shape index (κ3) is 4.53. The number of methoxy groups -OCH3 is 1. The third-order valence-electron chi connectivity index (χ3n) is 5.66. The number of halogens is 1. The number of aryl methyl sites for hydroxylation is 1. The SMILES string of the molecule is CN=C(NCc1cc(C(=O)OC)c(C)o1)N1CCC2(CCCCC2)C1.I. The average molecular weight is 475 g/mol. The normalized spacial score (nSPS) is 19.3. The molecule has 1 saturated heterocycles. The predicted molar refractivity (Wildman–Crippen MR) is 112 cm³/mol. The van der Waals surface area contributed by atoms with Crippen LogP contribution in [0.1, 0.15) is 60.4 Å². The highest BCUT2D eigenvalue weighted by Crippen LogP contribution is 2.43. The Labute approximate surface area is 172 Å². The molecule has 1 aliphatic heterocycles. The van der Waals surface area contributed by atoms with E-state index in [2.05, 4.69) is 15.2 Å². The maximum atomic E-state index is 11.7. The van der Waals surface area contributed by atoms with E-state index < -0.39 is 0 Å². The van der Waals surface area contributed by atoms with Crippen LogP contribution in [-0.2, 0) is 11.3 Å². The number of rotatable bonds is 3. The van der Waals surface area contributed by atoms with Gasteiger partial charge in [-0.2, -0.15) is 0 Å². The van der Waals surface area contributed by atoms with Crippen molar-refractivity contribution in [1.29, 1.82) is 0 Å². The summed E-state index contributed by atoms with van der Waals surface area (Å²) < 4.78 is 10.4. The number of likely N-dealkylation sites (tertiary alicyclic amines) is 1. The third-order valence-corrected chi connectivity index (χ3v) is 5.66. The largest absolute Gasteiger partial charge is 0.465 e. The number of guanidine groups is 1. The lowest BCUT2D eigenvalue weighted by Crippen LogP contribution is -2.41. The van der Waals surface area contributed by atoms with Crippen LogP contribution >= 0.6 is 24.0 Å². The van der Waals surface area contributed by atoms with Gasteiger partial charge in [0.1, 0.15) is 17.1 Å². The van der Waals surface area contributed by atoms with E-state index in [0.29, 0.717) is 29.0 Å². The first kappa shape index (κ1) is 21.1. The Hall–Kier alpha value is -1.25. The van der Waals surface area contributed by atoms with Gasteiger partial charge in [0.2, 0.25) is 0 Å². The summed E-state index contributed by atoms with van der Waals surface area (Å²) in [5, 5.41) is 3.38. The fraction of sp³-hybridized carbons (Fsp3) is 0.684. The number of nitrogens with zero attached hydrogens (tertiary/aromatic N) is 2. The monoisotopic (exact) mass is 475 g/mol. The van der Waals surface area contributed by atoms with Crippen LogP contribution in [0.4, 0.5) is 0 Å². The van der Waals surface area contributed by atoms with Crippen LogP contribution < -0.4 is 5.32 Å². The molecule has 2 heterocycles. The Kier molecular flexibility index (Phi) is 7.37. The van der Waals surface area contributed by atoms with Gasteiger partial charge in [0.05, 0.1) is 13.7 Å². The maximum Gasteiger partial charge on any atom is 0.341 e. The van der Waals surface area contributed by atoms with Gasteiger partial charge in [-0.15, -0.1) is 24.0 Å². The van der Waals surface area contributed by atoms with Gasteiger partial charge in [0, 0.05) is 20.1 Å². The number of hydrogen-bond acceptors (Lipinski definition) is 4. The summed E-state index contributed by atoms with van der Waals surface area (Å²) in [5.74, 6) is 1.85. The van der Waals surface area contributed by atoms with Gasteiger partial charge >= 0.3 is 5.97 Å². The molecule has 6 nitrogen and oxygen atoms in total. The van der Waals surface area contributed by atoms with Gasteiger partial charge in [0.25, 0.3) is 0 Å². The number of ether oxygens (including phenoxy) is 1. The Morgan fingerprint density at radius 2 is 2.08 bits per heavy atom. The summed E-state index contributed by atoms with van der Waals surface area (Å²) in [6.07, 6.45) is 8.07. The van der Waals surface area contributed by atoms with Gasteiger partial charge in [0.15, 0.2) is 5.96 Å². The van der Waals surface area contributed by atoms with Gasteiger partial charge in [-0.25, -0.2) is 4.79 Å². The Balaban J connectivity index is 0.00000243. The van der Waals surface area contributed by atoms with Crippen LogP contribution in [-0.4, -0.2) is 44.1 Å². The molecule has 0 radical (unpaired) electrons. The second-order valence-electron chi connectivity index (χ2n) is 7.31. The lowest BCUT2D eigenvalue weighted by Gasteiger charge is -2.33. The molecule has 26 heavy (non-hydrogen) atoms. The van der Waals surface area contributed by atoms with Crippen molar-refractivity contribution in [2.75, 3.05) is 27.2 Å². The number of carbonyl (C=O) groups is 1. The zero-order valence-electron chi connectivity index (χ0n) is 16.0. The van der Waals surface area contributed by atoms with Crippen LogP contribution in [0.3, 0.4) is 0 Å². The minimum absolute atomic E-state index is 0. The smallest absolute Gasteiger partial charge is 0.341 e. The Morgan fingerprint density at radius 3 is 2.73 bits per heavy atom. The molecule has 1 N–H and O–H groups in total. The molecule has 1 aromatic rings. The molecule has 0 amide bonds. The molecule has 146 valence electrons. The van der Waals surface area contributed by atoms with E-state index in [9.17, 15) is 4.79 Å². The highest BCUT2D eigenvalue weighted by molar-refractivity contribution is 14.0. The van der Waals surface area contributed by atoms with Crippen LogP contribution in [0.5, 0.6) is 0 Å². The minimum atomic E-state index is -0.365. The summed E-state index contributed by atoms with van der Waals surface area (Å²) in [7, 11) is 3.20. The summed E-state index contributed by atoms with van der Waals surface area (Å²) in [4.78, 5) is 18.5. The summed E-state index contributed by atoms with van der Waals surface area (Å²) in [6.45, 7) is 4.44. The second-order valence-corrected chi connectivity index (χ2v) is 7.31. The van der Waals surface area contributed by atoms with Crippen molar-refractivity contribution in [3.8, 4) is 0 Å². The molecule has 2 fully saturated rings. The van der Waals surface area contributed by atoms with E-state index in [1.807, 2.05) is 7.05 Å². The molecule has 3 rings (SSSR count). The van der Waals surface area contributed by atoms with Crippen molar-refractivity contribution in [2.24, 2.45) is 10.4 Å². The zero-order chi connectivity index (χ0) is 17.9. The van der Waals surface area contributed by atoms with Crippen molar-refractivity contribution in [2.45, 2.75) is 52.0 Å². The van der Waals surface area contributed by atoms with E-state index in [1.165, 1.54) is 45.6 Å². The predicted octanol–water partition coefficient (Wildman–Crippen LogP) is 3.72. The molecular formula is C19H30IN3O3. The van der Waals surface area contributed by atoms with E-state index in [0.717, 1.165) is 19.0 Å². The van der Waals surface area contributed by atoms with Gasteiger partial charge in [-0.1, -0.05) is 19.3 Å². The number of aliphatic imine (C=N–C) groups is 1. The minimum Gasteiger partial charge on any atom is -0.465 e. The van der Waals surface area contributed by atoms with Crippen LogP contribution in [0, 0.1) is 12.3 Å². The molecule has 1 aromatic heterocycles. The average Bonchev–Trinajstić information content (AvgIpc) is 3.20. The van der Waals surface area contributed by atoms with Crippen molar-refractivity contribution in [3.05, 3.63) is 23.2 Å². The first-order valence-electron chi connectivity index (χ1n) is 9.20. The molecular weight excluding hydrogens is 445 g/mol. The van der Waals surface area contributed by atoms with Crippen molar-refractivity contribution in [1.82, 2.24) is 10.2 Å². The summed E-state index contributed by atoms with van der Waals surface area (Å²) >= 11 is 0. The maximum absolute atomic E-state index is 11.7. The number of carbonyl (C=O) groups excluding carboxylic acids is 1. The first-order valence-corrected chi connectivity index (χ1v) is 9.20. The van der Waals surface area contributed by atoms with E-state index in [4.69, 9.17) is 9.15 Å². The molecule has 0 unspecified atom stereocenters. The lowest BCUT2D eigenvalue weighted by molar-refractivity contribution is 0.0599. The van der Waals surface area contributed by atoms with Gasteiger partial charge in [-0.05, 0) is 37.7 Å². The Morgan fingerprint density at radius 1 is 1.35 bits per heavy atom.